The van der Waals surface area contributed by atoms with Crippen LogP contribution < -0.4 is 5.32 Å². The smallest absolute Gasteiger partial charge is 0.175 e. The maximum atomic E-state index is 11.6. The largest absolute Gasteiger partial charge is 0.377 e. The first kappa shape index (κ1) is 14.5. The van der Waals surface area contributed by atoms with Gasteiger partial charge < -0.3 is 5.32 Å². The summed E-state index contributed by atoms with van der Waals surface area (Å²) in [7, 11) is -3.17. The van der Waals surface area contributed by atoms with Crippen LogP contribution in [0.25, 0.3) is 0 Å². The molecule has 1 heterocycles. The number of anilines is 1. The minimum atomic E-state index is -3.17. The van der Waals surface area contributed by atoms with Crippen molar-refractivity contribution in [2.45, 2.75) is 16.7 Å². The van der Waals surface area contributed by atoms with Crippen molar-refractivity contribution >= 4 is 27.3 Å². The lowest BCUT2D eigenvalue weighted by atomic mass is 10.0. The van der Waals surface area contributed by atoms with E-state index < -0.39 is 9.84 Å². The summed E-state index contributed by atoms with van der Waals surface area (Å²) in [6.45, 7) is 0. The quantitative estimate of drug-likeness (QED) is 0.940. The maximum Gasteiger partial charge on any atom is 0.175 e. The zero-order chi connectivity index (χ0) is 14.9. The number of hydrogen-bond donors (Lipinski definition) is 1. The fourth-order valence-corrected chi connectivity index (χ4v) is 4.29. The second-order valence-corrected chi connectivity index (χ2v) is 8.26. The third kappa shape index (κ3) is 3.24. The molecule has 3 nitrogen and oxygen atoms in total. The lowest BCUT2D eigenvalue weighted by Gasteiger charge is -2.27. The first-order valence-electron chi connectivity index (χ1n) is 6.76. The van der Waals surface area contributed by atoms with Crippen molar-refractivity contribution in [1.29, 1.82) is 0 Å². The van der Waals surface area contributed by atoms with Crippen molar-refractivity contribution in [2.24, 2.45) is 0 Å². The van der Waals surface area contributed by atoms with Crippen LogP contribution in [0.4, 0.5) is 5.69 Å². The SMILES string of the molecule is CS(=O)(=O)c1cccc(NC2CSCc3ccccc32)c1. The van der Waals surface area contributed by atoms with Crippen LogP contribution in [-0.4, -0.2) is 20.4 Å². The topological polar surface area (TPSA) is 46.2 Å². The Morgan fingerprint density at radius 3 is 2.76 bits per heavy atom. The highest BCUT2D eigenvalue weighted by molar-refractivity contribution is 7.98. The fraction of sp³-hybridized carbons (Fsp3) is 0.250. The Morgan fingerprint density at radius 2 is 1.95 bits per heavy atom. The monoisotopic (exact) mass is 319 g/mol. The number of hydrogen-bond acceptors (Lipinski definition) is 4. The predicted molar refractivity (Wildman–Crippen MR) is 88.5 cm³/mol. The van der Waals surface area contributed by atoms with E-state index in [0.29, 0.717) is 4.90 Å². The summed E-state index contributed by atoms with van der Waals surface area (Å²) in [6.07, 6.45) is 1.23. The van der Waals surface area contributed by atoms with Crippen molar-refractivity contribution in [3.05, 3.63) is 59.7 Å². The first-order valence-corrected chi connectivity index (χ1v) is 9.81. The molecule has 21 heavy (non-hydrogen) atoms. The van der Waals surface area contributed by atoms with Gasteiger partial charge in [0.25, 0.3) is 0 Å². The van der Waals surface area contributed by atoms with E-state index >= 15 is 0 Å². The molecule has 0 saturated heterocycles. The molecule has 1 unspecified atom stereocenters. The second-order valence-electron chi connectivity index (χ2n) is 5.21. The van der Waals surface area contributed by atoms with Crippen LogP contribution in [0.1, 0.15) is 17.2 Å². The third-order valence-corrected chi connectivity index (χ3v) is 5.77. The van der Waals surface area contributed by atoms with Crippen LogP contribution in [0.3, 0.4) is 0 Å². The van der Waals surface area contributed by atoms with Crippen molar-refractivity contribution in [3.63, 3.8) is 0 Å². The summed E-state index contributed by atoms with van der Waals surface area (Å²) < 4.78 is 23.3. The molecule has 3 rings (SSSR count). The molecule has 0 fully saturated rings. The van der Waals surface area contributed by atoms with Gasteiger partial charge in [-0.1, -0.05) is 30.3 Å². The Hall–Kier alpha value is -1.46. The molecule has 1 N–H and O–H groups in total. The zero-order valence-electron chi connectivity index (χ0n) is 11.7. The Labute approximate surface area is 129 Å². The van der Waals surface area contributed by atoms with Gasteiger partial charge >= 0.3 is 0 Å². The first-order chi connectivity index (χ1) is 10.0. The van der Waals surface area contributed by atoms with Gasteiger partial charge in [0.2, 0.25) is 0 Å². The predicted octanol–water partition coefficient (Wildman–Crippen LogP) is 3.49. The summed E-state index contributed by atoms with van der Waals surface area (Å²) in [5, 5.41) is 3.46. The number of sulfone groups is 1. The van der Waals surface area contributed by atoms with Crippen molar-refractivity contribution < 1.29 is 8.42 Å². The van der Waals surface area contributed by atoms with E-state index in [-0.39, 0.29) is 6.04 Å². The molecule has 0 aromatic heterocycles. The van der Waals surface area contributed by atoms with Crippen LogP contribution in [-0.2, 0) is 15.6 Å². The lowest BCUT2D eigenvalue weighted by molar-refractivity contribution is 0.602. The standard InChI is InChI=1S/C16H17NO2S2/c1-21(18,19)14-7-4-6-13(9-14)17-16-11-20-10-12-5-2-3-8-15(12)16/h2-9,16-17H,10-11H2,1H3. The van der Waals surface area contributed by atoms with Crippen LogP contribution in [0, 0.1) is 0 Å². The molecule has 2 aromatic carbocycles. The van der Waals surface area contributed by atoms with Crippen LogP contribution in [0.15, 0.2) is 53.4 Å². The second kappa shape index (κ2) is 5.73. The molecular weight excluding hydrogens is 302 g/mol. The number of benzene rings is 2. The minimum absolute atomic E-state index is 0.217. The van der Waals surface area contributed by atoms with E-state index in [1.165, 1.54) is 17.4 Å². The van der Waals surface area contributed by atoms with Crippen LogP contribution in [0.2, 0.25) is 0 Å². The Morgan fingerprint density at radius 1 is 1.14 bits per heavy atom. The van der Waals surface area contributed by atoms with E-state index in [1.54, 1.807) is 18.2 Å². The lowest BCUT2D eigenvalue weighted by Crippen LogP contribution is -2.18. The van der Waals surface area contributed by atoms with Gasteiger partial charge in [-0.3, -0.25) is 0 Å². The molecule has 0 bridgehead atoms. The van der Waals surface area contributed by atoms with Gasteiger partial charge in [-0.25, -0.2) is 8.42 Å². The summed E-state index contributed by atoms with van der Waals surface area (Å²) in [5.41, 5.74) is 3.51. The number of thioether (sulfide) groups is 1. The van der Waals surface area contributed by atoms with E-state index in [2.05, 4.69) is 29.6 Å². The molecular formula is C16H17NO2S2. The molecule has 0 saturated carbocycles. The third-order valence-electron chi connectivity index (χ3n) is 3.58. The molecule has 0 radical (unpaired) electrons. The summed E-state index contributed by atoms with van der Waals surface area (Å²) in [5.74, 6) is 2.03. The van der Waals surface area contributed by atoms with E-state index in [0.717, 1.165) is 17.2 Å². The van der Waals surface area contributed by atoms with Gasteiger partial charge in [-0.2, -0.15) is 11.8 Å². The maximum absolute atomic E-state index is 11.6. The molecule has 110 valence electrons. The highest BCUT2D eigenvalue weighted by Gasteiger charge is 2.20. The van der Waals surface area contributed by atoms with Gasteiger partial charge in [0.1, 0.15) is 0 Å². The van der Waals surface area contributed by atoms with E-state index in [4.69, 9.17) is 0 Å². The van der Waals surface area contributed by atoms with Gasteiger partial charge in [0.05, 0.1) is 10.9 Å². The summed E-state index contributed by atoms with van der Waals surface area (Å²) in [6, 6.07) is 15.7. The minimum Gasteiger partial charge on any atom is -0.377 e. The Kier molecular flexibility index (Phi) is 3.95. The highest BCUT2D eigenvalue weighted by atomic mass is 32.2. The molecule has 0 amide bonds. The van der Waals surface area contributed by atoms with Gasteiger partial charge in [0.15, 0.2) is 9.84 Å². The summed E-state index contributed by atoms with van der Waals surface area (Å²) >= 11 is 1.89. The average Bonchev–Trinajstić information content (AvgIpc) is 2.47. The normalized spacial score (nSPS) is 18.0. The van der Waals surface area contributed by atoms with Gasteiger partial charge in [0, 0.05) is 23.4 Å². The fourth-order valence-electron chi connectivity index (χ4n) is 2.52. The van der Waals surface area contributed by atoms with E-state index in [1.807, 2.05) is 17.8 Å². The average molecular weight is 319 g/mol. The molecule has 1 aliphatic rings. The molecule has 1 aliphatic heterocycles. The Balaban J connectivity index is 1.89. The molecule has 0 aliphatic carbocycles. The molecule has 0 spiro atoms. The molecule has 5 heteroatoms. The van der Waals surface area contributed by atoms with Crippen molar-refractivity contribution in [3.8, 4) is 0 Å². The number of rotatable bonds is 3. The van der Waals surface area contributed by atoms with Crippen molar-refractivity contribution in [2.75, 3.05) is 17.3 Å². The summed E-state index contributed by atoms with van der Waals surface area (Å²) in [4.78, 5) is 0.351. The number of fused-ring (bicyclic) bond motifs is 1. The highest BCUT2D eigenvalue weighted by Crippen LogP contribution is 2.34. The molecule has 1 atom stereocenters. The van der Waals surface area contributed by atoms with Gasteiger partial charge in [-0.15, -0.1) is 0 Å². The Bertz CT molecular complexity index is 756. The number of nitrogens with one attached hydrogen (secondary N) is 1. The van der Waals surface area contributed by atoms with Gasteiger partial charge in [-0.05, 0) is 29.3 Å². The van der Waals surface area contributed by atoms with Crippen molar-refractivity contribution in [1.82, 2.24) is 0 Å². The molecule has 2 aromatic rings. The zero-order valence-corrected chi connectivity index (χ0v) is 13.4. The van der Waals surface area contributed by atoms with Crippen LogP contribution in [0.5, 0.6) is 0 Å². The van der Waals surface area contributed by atoms with E-state index in [9.17, 15) is 8.42 Å². The van der Waals surface area contributed by atoms with Crippen LogP contribution >= 0.6 is 11.8 Å².